The fourth-order valence-electron chi connectivity index (χ4n) is 4.41. The third kappa shape index (κ3) is 3.79. The van der Waals surface area contributed by atoms with Crippen LogP contribution in [0.4, 0.5) is 5.69 Å². The molecule has 170 valence electrons. The number of hydrogen-bond donors (Lipinski definition) is 1. The monoisotopic (exact) mass is 521 g/mol. The molecule has 3 aromatic carbocycles. The Kier molecular flexibility index (Phi) is 5.21. The summed E-state index contributed by atoms with van der Waals surface area (Å²) in [6, 6.07) is 11.4. The van der Waals surface area contributed by atoms with Crippen LogP contribution in [0.3, 0.4) is 0 Å². The molecule has 0 saturated carbocycles. The number of carbonyl (C=O) groups is 1. The van der Waals surface area contributed by atoms with Crippen LogP contribution < -0.4 is 4.72 Å². The molecule has 1 aromatic heterocycles. The van der Waals surface area contributed by atoms with Crippen LogP contribution in [0.5, 0.6) is 0 Å². The fraction of sp³-hybridized carbons (Fsp3) is 0.208. The maximum absolute atomic E-state index is 13.3. The van der Waals surface area contributed by atoms with Crippen molar-refractivity contribution in [3.63, 3.8) is 0 Å². The van der Waals surface area contributed by atoms with Crippen molar-refractivity contribution in [2.24, 2.45) is 5.41 Å². The molecule has 33 heavy (non-hydrogen) atoms. The summed E-state index contributed by atoms with van der Waals surface area (Å²) in [7, 11) is -4.12. The lowest BCUT2D eigenvalue weighted by molar-refractivity contribution is 0.0906. The first kappa shape index (κ1) is 22.5. The van der Waals surface area contributed by atoms with E-state index >= 15 is 0 Å². The molecule has 0 spiro atoms. The second-order valence-electron chi connectivity index (χ2n) is 8.99. The molecule has 0 saturated heterocycles. The largest absolute Gasteiger partial charge is 0.460 e. The molecule has 0 unspecified atom stereocenters. The van der Waals surface area contributed by atoms with Gasteiger partial charge in [-0.15, -0.1) is 0 Å². The van der Waals surface area contributed by atoms with Crippen molar-refractivity contribution in [3.05, 3.63) is 68.9 Å². The summed E-state index contributed by atoms with van der Waals surface area (Å²) in [5.41, 5.74) is 1.18. The molecule has 1 aliphatic carbocycles. The zero-order valence-electron chi connectivity index (χ0n) is 17.6. The lowest BCUT2D eigenvalue weighted by Crippen LogP contribution is -2.25. The van der Waals surface area contributed by atoms with Gasteiger partial charge >= 0.3 is 0 Å². The maximum atomic E-state index is 13.3. The smallest absolute Gasteiger partial charge is 0.263 e. The molecule has 5 rings (SSSR count). The number of benzene rings is 3. The van der Waals surface area contributed by atoms with Gasteiger partial charge in [0.1, 0.15) is 16.2 Å². The van der Waals surface area contributed by atoms with E-state index in [1.165, 1.54) is 12.1 Å². The van der Waals surface area contributed by atoms with Crippen LogP contribution in [0.1, 0.15) is 36.4 Å². The fourth-order valence-corrected chi connectivity index (χ4v) is 6.49. The zero-order valence-corrected chi connectivity index (χ0v) is 20.7. The maximum Gasteiger partial charge on any atom is 0.263 e. The molecule has 4 aromatic rings. The first-order valence-corrected chi connectivity index (χ1v) is 12.8. The Labute approximate surface area is 205 Å². The van der Waals surface area contributed by atoms with Crippen LogP contribution in [0, 0.1) is 5.41 Å². The number of anilines is 1. The van der Waals surface area contributed by atoms with E-state index in [1.54, 1.807) is 18.2 Å². The lowest BCUT2D eigenvalue weighted by atomic mass is 9.76. The van der Waals surface area contributed by atoms with Gasteiger partial charge in [-0.3, -0.25) is 9.52 Å². The van der Waals surface area contributed by atoms with Gasteiger partial charge in [0, 0.05) is 29.0 Å². The highest BCUT2D eigenvalue weighted by Gasteiger charge is 2.36. The van der Waals surface area contributed by atoms with Crippen molar-refractivity contribution in [1.29, 1.82) is 0 Å². The number of furan rings is 1. The van der Waals surface area contributed by atoms with Crippen LogP contribution in [0.25, 0.3) is 21.7 Å². The van der Waals surface area contributed by atoms with Gasteiger partial charge in [-0.1, -0.05) is 72.9 Å². The van der Waals surface area contributed by atoms with Gasteiger partial charge < -0.3 is 4.42 Å². The Morgan fingerprint density at radius 1 is 0.909 bits per heavy atom. The summed E-state index contributed by atoms with van der Waals surface area (Å²) in [5.74, 6) is 0.612. The Balaban J connectivity index is 1.73. The van der Waals surface area contributed by atoms with Gasteiger partial charge in [-0.2, -0.15) is 0 Å². The minimum absolute atomic E-state index is 0.0170. The number of fused-ring (bicyclic) bond motifs is 5. The first-order chi connectivity index (χ1) is 15.5. The Morgan fingerprint density at radius 3 is 2.30 bits per heavy atom. The van der Waals surface area contributed by atoms with Crippen molar-refractivity contribution in [2.45, 2.75) is 31.6 Å². The number of Topliss-reactive ketones (excluding diaryl/α,β-unsaturated/α-hetero) is 1. The van der Waals surface area contributed by atoms with E-state index in [1.807, 2.05) is 26.0 Å². The second kappa shape index (κ2) is 7.64. The van der Waals surface area contributed by atoms with Gasteiger partial charge in [0.15, 0.2) is 5.78 Å². The third-order valence-electron chi connectivity index (χ3n) is 5.83. The van der Waals surface area contributed by atoms with E-state index in [2.05, 4.69) is 4.72 Å². The number of hydrogen-bond acceptors (Lipinski definition) is 4. The number of halogens is 3. The molecular weight excluding hydrogens is 505 g/mol. The number of sulfonamides is 1. The molecule has 5 nitrogen and oxygen atoms in total. The highest BCUT2D eigenvalue weighted by molar-refractivity contribution is 7.92. The quantitative estimate of drug-likeness (QED) is 0.283. The SMILES string of the molecule is CC1(C)CC(=O)c2c(oc3c2cc(NS(=O)(=O)c2cc(Cl)c(Cl)cc2Cl)c2ccccc23)C1. The van der Waals surface area contributed by atoms with Gasteiger partial charge in [-0.05, 0) is 23.6 Å². The van der Waals surface area contributed by atoms with E-state index in [9.17, 15) is 13.2 Å². The molecule has 0 amide bonds. The topological polar surface area (TPSA) is 76.4 Å². The van der Waals surface area contributed by atoms with E-state index in [-0.39, 0.29) is 31.2 Å². The summed E-state index contributed by atoms with van der Waals surface area (Å²) >= 11 is 18.2. The Morgan fingerprint density at radius 2 is 1.58 bits per heavy atom. The normalized spacial score (nSPS) is 15.7. The van der Waals surface area contributed by atoms with E-state index < -0.39 is 10.0 Å². The summed E-state index contributed by atoms with van der Waals surface area (Å²) in [4.78, 5) is 12.8. The van der Waals surface area contributed by atoms with Crippen molar-refractivity contribution < 1.29 is 17.6 Å². The highest BCUT2D eigenvalue weighted by Crippen LogP contribution is 2.44. The summed E-state index contributed by atoms with van der Waals surface area (Å²) < 4.78 is 35.3. The van der Waals surface area contributed by atoms with E-state index in [4.69, 9.17) is 39.2 Å². The highest BCUT2D eigenvalue weighted by atomic mass is 35.5. The Bertz CT molecular complexity index is 1590. The van der Waals surface area contributed by atoms with Gasteiger partial charge in [0.05, 0.1) is 26.3 Å². The van der Waals surface area contributed by atoms with Crippen LogP contribution in [0.2, 0.25) is 15.1 Å². The lowest BCUT2D eigenvalue weighted by Gasteiger charge is -2.27. The molecule has 0 aliphatic heterocycles. The number of rotatable bonds is 3. The third-order valence-corrected chi connectivity index (χ3v) is 8.39. The van der Waals surface area contributed by atoms with E-state index in [0.29, 0.717) is 51.6 Å². The molecular formula is C24H18Cl3NO4S. The standard InChI is InChI=1S/C24H18Cl3NO4S/c1-24(2)10-19(29)22-14-7-18(12-5-3-4-6-13(12)23(14)32-20(22)11-24)28-33(30,31)21-9-16(26)15(25)8-17(21)27/h3-9,28H,10-11H2,1-2H3. The number of nitrogens with one attached hydrogen (secondary N) is 1. The number of carbonyl (C=O) groups excluding carboxylic acids is 1. The van der Waals surface area contributed by atoms with E-state index in [0.717, 1.165) is 0 Å². The molecule has 1 N–H and O–H groups in total. The summed E-state index contributed by atoms with van der Waals surface area (Å²) in [5, 5.41) is 2.08. The summed E-state index contributed by atoms with van der Waals surface area (Å²) in [6.07, 6.45) is 1.01. The van der Waals surface area contributed by atoms with Crippen molar-refractivity contribution >= 4 is 78.0 Å². The van der Waals surface area contributed by atoms with Crippen molar-refractivity contribution in [1.82, 2.24) is 0 Å². The van der Waals surface area contributed by atoms with Crippen LogP contribution in [-0.2, 0) is 16.4 Å². The van der Waals surface area contributed by atoms with Crippen LogP contribution >= 0.6 is 34.8 Å². The van der Waals surface area contributed by atoms with Crippen LogP contribution in [0.15, 0.2) is 51.8 Å². The molecule has 0 fully saturated rings. The van der Waals surface area contributed by atoms with Gasteiger partial charge in [0.2, 0.25) is 0 Å². The van der Waals surface area contributed by atoms with Crippen molar-refractivity contribution in [2.75, 3.05) is 4.72 Å². The predicted molar refractivity (Wildman–Crippen MR) is 132 cm³/mol. The van der Waals surface area contributed by atoms with Gasteiger partial charge in [0.25, 0.3) is 10.0 Å². The number of ketones is 1. The molecule has 9 heteroatoms. The average molecular weight is 523 g/mol. The second-order valence-corrected chi connectivity index (χ2v) is 11.9. The summed E-state index contributed by atoms with van der Waals surface area (Å²) in [6.45, 7) is 4.05. The molecule has 1 heterocycles. The minimum atomic E-state index is -4.12. The zero-order chi connectivity index (χ0) is 23.7. The van der Waals surface area contributed by atoms with Gasteiger partial charge in [-0.25, -0.2) is 8.42 Å². The first-order valence-electron chi connectivity index (χ1n) is 10.1. The molecule has 1 aliphatic rings. The Hall–Kier alpha value is -2.25. The molecule has 0 atom stereocenters. The molecule has 0 bridgehead atoms. The molecule has 0 radical (unpaired) electrons. The predicted octanol–water partition coefficient (Wildman–Crippen LogP) is 7.50. The van der Waals surface area contributed by atoms with Crippen LogP contribution in [-0.4, -0.2) is 14.2 Å². The minimum Gasteiger partial charge on any atom is -0.460 e. The van der Waals surface area contributed by atoms with Crippen molar-refractivity contribution in [3.8, 4) is 0 Å². The average Bonchev–Trinajstić information content (AvgIpc) is 3.07.